The fourth-order valence-corrected chi connectivity index (χ4v) is 0.953. The Bertz CT molecular complexity index is 156. The summed E-state index contributed by atoms with van der Waals surface area (Å²) in [5.74, 6) is 0.619. The third kappa shape index (κ3) is 7.05. The average Bonchev–Trinajstić information content (AvgIpc) is 1.98. The minimum atomic E-state index is -0.616. The molecule has 0 aromatic carbocycles. The van der Waals surface area contributed by atoms with Crippen LogP contribution in [0.3, 0.4) is 0 Å². The Morgan fingerprint density at radius 1 is 1.75 bits per heavy atom. The minimum absolute atomic E-state index is 0.616. The molecule has 3 N–H and O–H groups in total. The minimum Gasteiger partial charge on any atom is -0.350 e. The van der Waals surface area contributed by atoms with Crippen molar-refractivity contribution in [2.45, 2.75) is 33.1 Å². The van der Waals surface area contributed by atoms with E-state index in [0.29, 0.717) is 5.92 Å². The Labute approximate surface area is 73.2 Å². The molecule has 2 amide bonds. The number of carbonyl (C=O) groups excluding carboxylic acids is 1. The first kappa shape index (κ1) is 10.9. The van der Waals surface area contributed by atoms with E-state index in [1.165, 1.54) is 12.8 Å². The largest absolute Gasteiger partial charge is 0.350 e. The first-order chi connectivity index (χ1) is 5.66. The Balaban J connectivity index is 3.39. The highest BCUT2D eigenvalue weighted by molar-refractivity contribution is 5.72. The first-order valence-electron chi connectivity index (χ1n) is 4.23. The fraction of sp³-hybridized carbons (Fsp3) is 0.750. The van der Waals surface area contributed by atoms with Crippen LogP contribution < -0.4 is 11.2 Å². The number of primary amides is 1. The molecule has 0 aromatic heterocycles. The number of nitrogens with zero attached hydrogens (tertiary/aromatic N) is 1. The number of hydrogen-bond acceptors (Lipinski definition) is 2. The molecule has 0 bridgehead atoms. The molecule has 4 nitrogen and oxygen atoms in total. The summed E-state index contributed by atoms with van der Waals surface area (Å²) >= 11 is 0. The van der Waals surface area contributed by atoms with E-state index in [2.05, 4.69) is 24.4 Å². The number of nitrogens with one attached hydrogen (secondary N) is 1. The van der Waals surface area contributed by atoms with E-state index in [0.717, 1.165) is 6.42 Å². The van der Waals surface area contributed by atoms with Gasteiger partial charge in [0.1, 0.15) is 0 Å². The van der Waals surface area contributed by atoms with Crippen LogP contribution in [-0.4, -0.2) is 12.2 Å². The maximum atomic E-state index is 10.2. The SMILES string of the molecule is CCCC(C)CC=NNC(N)=O. The zero-order valence-corrected chi connectivity index (χ0v) is 7.71. The van der Waals surface area contributed by atoms with Crippen molar-refractivity contribution in [1.82, 2.24) is 5.43 Å². The highest BCUT2D eigenvalue weighted by Gasteiger charge is 1.96. The van der Waals surface area contributed by atoms with E-state index in [1.54, 1.807) is 6.21 Å². The summed E-state index contributed by atoms with van der Waals surface area (Å²) in [5, 5.41) is 3.64. The first-order valence-corrected chi connectivity index (χ1v) is 4.23. The van der Waals surface area contributed by atoms with Crippen molar-refractivity contribution >= 4 is 12.2 Å². The number of hydrogen-bond donors (Lipinski definition) is 2. The van der Waals surface area contributed by atoms with Crippen LogP contribution in [0.5, 0.6) is 0 Å². The molecule has 0 radical (unpaired) electrons. The molecule has 0 aliphatic carbocycles. The van der Waals surface area contributed by atoms with Gasteiger partial charge in [0.05, 0.1) is 0 Å². The second kappa shape index (κ2) is 6.64. The third-order valence-electron chi connectivity index (χ3n) is 1.56. The molecule has 0 aliphatic rings. The summed E-state index contributed by atoms with van der Waals surface area (Å²) < 4.78 is 0. The summed E-state index contributed by atoms with van der Waals surface area (Å²) in [6.07, 6.45) is 4.93. The van der Waals surface area contributed by atoms with Crippen molar-refractivity contribution in [3.05, 3.63) is 0 Å². The smallest absolute Gasteiger partial charge is 0.332 e. The highest BCUT2D eigenvalue weighted by Crippen LogP contribution is 2.07. The van der Waals surface area contributed by atoms with Crippen LogP contribution >= 0.6 is 0 Å². The van der Waals surface area contributed by atoms with Gasteiger partial charge in [0.25, 0.3) is 0 Å². The second-order valence-electron chi connectivity index (χ2n) is 2.92. The predicted octanol–water partition coefficient (Wildman–Crippen LogP) is 1.47. The lowest BCUT2D eigenvalue weighted by Gasteiger charge is -2.04. The zero-order chi connectivity index (χ0) is 9.40. The third-order valence-corrected chi connectivity index (χ3v) is 1.56. The van der Waals surface area contributed by atoms with E-state index < -0.39 is 6.03 Å². The number of hydrazone groups is 1. The summed E-state index contributed by atoms with van der Waals surface area (Å²) in [6, 6.07) is -0.616. The van der Waals surface area contributed by atoms with Gasteiger partial charge in [-0.1, -0.05) is 26.7 Å². The number of nitrogens with two attached hydrogens (primary N) is 1. The normalized spacial score (nSPS) is 13.2. The zero-order valence-electron chi connectivity index (χ0n) is 7.71. The summed E-state index contributed by atoms with van der Waals surface area (Å²) in [7, 11) is 0. The van der Waals surface area contributed by atoms with Crippen LogP contribution in [0.2, 0.25) is 0 Å². The molecule has 0 saturated heterocycles. The summed E-state index contributed by atoms with van der Waals surface area (Å²) in [6.45, 7) is 4.30. The van der Waals surface area contributed by atoms with Crippen LogP contribution in [0.15, 0.2) is 5.10 Å². The monoisotopic (exact) mass is 171 g/mol. The van der Waals surface area contributed by atoms with Crippen molar-refractivity contribution in [2.24, 2.45) is 16.8 Å². The topological polar surface area (TPSA) is 67.5 Å². The average molecular weight is 171 g/mol. The number of rotatable bonds is 5. The van der Waals surface area contributed by atoms with Gasteiger partial charge in [-0.05, 0) is 12.3 Å². The number of amides is 2. The van der Waals surface area contributed by atoms with E-state index >= 15 is 0 Å². The fourth-order valence-electron chi connectivity index (χ4n) is 0.953. The lowest BCUT2D eigenvalue weighted by molar-refractivity contribution is 0.249. The van der Waals surface area contributed by atoms with Crippen LogP contribution in [-0.2, 0) is 0 Å². The number of carbonyl (C=O) groups is 1. The quantitative estimate of drug-likeness (QED) is 0.477. The summed E-state index contributed by atoms with van der Waals surface area (Å²) in [4.78, 5) is 10.2. The Morgan fingerprint density at radius 2 is 2.42 bits per heavy atom. The van der Waals surface area contributed by atoms with Gasteiger partial charge in [-0.15, -0.1) is 0 Å². The molecule has 4 heteroatoms. The van der Waals surface area contributed by atoms with Gasteiger partial charge in [0.15, 0.2) is 0 Å². The van der Waals surface area contributed by atoms with Crippen molar-refractivity contribution in [2.75, 3.05) is 0 Å². The van der Waals surface area contributed by atoms with Crippen LogP contribution in [0.1, 0.15) is 33.1 Å². The van der Waals surface area contributed by atoms with E-state index in [-0.39, 0.29) is 0 Å². The second-order valence-corrected chi connectivity index (χ2v) is 2.92. The Morgan fingerprint density at radius 3 is 2.92 bits per heavy atom. The van der Waals surface area contributed by atoms with Gasteiger partial charge in [0.2, 0.25) is 0 Å². The lowest BCUT2D eigenvalue weighted by Crippen LogP contribution is -2.24. The van der Waals surface area contributed by atoms with E-state index in [4.69, 9.17) is 5.73 Å². The standard InChI is InChI=1S/C8H17N3O/c1-3-4-7(2)5-6-10-11-8(9)12/h6-7H,3-5H2,1-2H3,(H3,9,11,12). The molecule has 1 unspecified atom stereocenters. The van der Waals surface area contributed by atoms with Gasteiger partial charge < -0.3 is 5.73 Å². The molecule has 0 rings (SSSR count). The molecular formula is C8H17N3O. The van der Waals surface area contributed by atoms with E-state index in [9.17, 15) is 4.79 Å². The van der Waals surface area contributed by atoms with Gasteiger partial charge in [-0.25, -0.2) is 10.2 Å². The van der Waals surface area contributed by atoms with Crippen molar-refractivity contribution in [3.63, 3.8) is 0 Å². The van der Waals surface area contributed by atoms with Crippen molar-refractivity contribution in [3.8, 4) is 0 Å². The molecule has 0 fully saturated rings. The molecule has 0 aromatic rings. The molecule has 0 aliphatic heterocycles. The molecule has 0 saturated carbocycles. The van der Waals surface area contributed by atoms with Gasteiger partial charge in [0, 0.05) is 6.21 Å². The van der Waals surface area contributed by atoms with Crippen LogP contribution in [0.25, 0.3) is 0 Å². The highest BCUT2D eigenvalue weighted by atomic mass is 16.2. The maximum absolute atomic E-state index is 10.2. The predicted molar refractivity (Wildman–Crippen MR) is 49.9 cm³/mol. The van der Waals surface area contributed by atoms with Crippen molar-refractivity contribution in [1.29, 1.82) is 0 Å². The van der Waals surface area contributed by atoms with Gasteiger partial charge in [-0.2, -0.15) is 5.10 Å². The Kier molecular flexibility index (Phi) is 6.05. The van der Waals surface area contributed by atoms with Crippen molar-refractivity contribution < 1.29 is 4.79 Å². The number of urea groups is 1. The van der Waals surface area contributed by atoms with Gasteiger partial charge in [-0.3, -0.25) is 0 Å². The van der Waals surface area contributed by atoms with E-state index in [1.807, 2.05) is 0 Å². The van der Waals surface area contributed by atoms with Gasteiger partial charge >= 0.3 is 6.03 Å². The lowest BCUT2D eigenvalue weighted by atomic mass is 10.0. The molecule has 70 valence electrons. The molecule has 12 heavy (non-hydrogen) atoms. The Hall–Kier alpha value is -1.06. The summed E-state index contributed by atoms with van der Waals surface area (Å²) in [5.41, 5.74) is 6.96. The van der Waals surface area contributed by atoms with Crippen LogP contribution in [0.4, 0.5) is 4.79 Å². The molecule has 0 heterocycles. The molecule has 0 spiro atoms. The molecular weight excluding hydrogens is 154 g/mol. The van der Waals surface area contributed by atoms with Crippen LogP contribution in [0, 0.1) is 5.92 Å². The molecule has 1 atom stereocenters. The maximum Gasteiger partial charge on any atom is 0.332 e.